The summed E-state index contributed by atoms with van der Waals surface area (Å²) in [7, 11) is 0. The van der Waals surface area contributed by atoms with Crippen molar-refractivity contribution in [3.8, 4) is 5.75 Å². The molecule has 0 saturated heterocycles. The van der Waals surface area contributed by atoms with E-state index in [1.807, 2.05) is 0 Å². The van der Waals surface area contributed by atoms with Crippen LogP contribution in [-0.4, -0.2) is 66.0 Å². The molecule has 0 bridgehead atoms. The van der Waals surface area contributed by atoms with Crippen LogP contribution in [-0.2, 0) is 24.0 Å². The van der Waals surface area contributed by atoms with Gasteiger partial charge in [0, 0.05) is 24.5 Å². The van der Waals surface area contributed by atoms with Crippen LogP contribution < -0.4 is 20.4 Å². The van der Waals surface area contributed by atoms with E-state index in [-0.39, 0.29) is 41.7 Å². The molecule has 11 nitrogen and oxygen atoms in total. The molecular weight excluding hydrogens is 480 g/mol. The Balaban J connectivity index is 1.96. The summed E-state index contributed by atoms with van der Waals surface area (Å²) in [6, 6.07) is 8.59. The van der Waals surface area contributed by atoms with Gasteiger partial charge in [0.15, 0.2) is 0 Å². The lowest BCUT2D eigenvalue weighted by Crippen LogP contribution is -2.54. The quantitative estimate of drug-likeness (QED) is 0.447. The zero-order valence-electron chi connectivity index (χ0n) is 20.7. The van der Waals surface area contributed by atoms with E-state index in [2.05, 4.69) is 10.6 Å². The van der Waals surface area contributed by atoms with Gasteiger partial charge in [-0.25, -0.2) is 0 Å². The minimum atomic E-state index is -1.24. The van der Waals surface area contributed by atoms with Gasteiger partial charge < -0.3 is 25.4 Å². The number of carbonyl (C=O) groups excluding carboxylic acids is 6. The molecular formula is C26H28N4O7. The Morgan fingerprint density at radius 3 is 2.38 bits per heavy atom. The van der Waals surface area contributed by atoms with Crippen molar-refractivity contribution in [2.75, 3.05) is 22.9 Å². The maximum Gasteiger partial charge on any atom is 0.252 e. The van der Waals surface area contributed by atoms with E-state index in [4.69, 9.17) is 0 Å². The highest BCUT2D eigenvalue weighted by Gasteiger charge is 2.37. The number of aromatic hydroxyl groups is 1. The number of ketones is 1. The van der Waals surface area contributed by atoms with Crippen LogP contribution in [0, 0.1) is 6.92 Å². The fraction of sp³-hybridized carbons (Fsp3) is 0.308. The molecule has 3 rings (SSSR count). The van der Waals surface area contributed by atoms with Crippen LogP contribution in [0.3, 0.4) is 0 Å². The largest absolute Gasteiger partial charge is 0.508 e. The summed E-state index contributed by atoms with van der Waals surface area (Å²) in [5, 5.41) is 15.0. The van der Waals surface area contributed by atoms with E-state index in [1.165, 1.54) is 36.9 Å². The molecule has 1 aliphatic rings. The molecule has 1 aliphatic heterocycles. The minimum absolute atomic E-state index is 0.0915. The highest BCUT2D eigenvalue weighted by atomic mass is 16.3. The standard InChI is InChI=1S/C26H28N4O7/c1-15(32)11-18(14-31)27-24(35)13-30-22-9-5-4-8-21(22)29(17(3)33)12-20(26(30)37)28-25(36)19-7-6-10-23(34)16(19)2/h4-10,14,18,20,34H,11-13H2,1-3H3,(H,27,35)(H,28,36)/t18-,20-/m0/s1. The van der Waals surface area contributed by atoms with Crippen molar-refractivity contribution < 1.29 is 33.9 Å². The SMILES string of the molecule is CC(=O)C[C@@H](C=O)NC(=O)CN1C(=O)[C@@H](NC(=O)c2cccc(O)c2C)CN(C(C)=O)c2ccccc21. The number of hydrogen-bond acceptors (Lipinski definition) is 7. The maximum atomic E-state index is 13.7. The maximum absolute atomic E-state index is 13.7. The van der Waals surface area contributed by atoms with Gasteiger partial charge in [0.2, 0.25) is 11.8 Å². The molecule has 0 aromatic heterocycles. The second-order valence-corrected chi connectivity index (χ2v) is 8.73. The smallest absolute Gasteiger partial charge is 0.252 e. The van der Waals surface area contributed by atoms with Crippen LogP contribution in [0.15, 0.2) is 42.5 Å². The summed E-state index contributed by atoms with van der Waals surface area (Å²) in [5.41, 5.74) is 1.08. The van der Waals surface area contributed by atoms with Crippen LogP contribution in [0.2, 0.25) is 0 Å². The summed E-state index contributed by atoms with van der Waals surface area (Å²) in [6.45, 7) is 3.43. The lowest BCUT2D eigenvalue weighted by Gasteiger charge is -2.25. The zero-order chi connectivity index (χ0) is 27.3. The molecule has 0 unspecified atom stereocenters. The second kappa shape index (κ2) is 11.5. The second-order valence-electron chi connectivity index (χ2n) is 8.73. The van der Waals surface area contributed by atoms with Gasteiger partial charge in [-0.15, -0.1) is 0 Å². The van der Waals surface area contributed by atoms with E-state index in [1.54, 1.807) is 31.2 Å². The number of nitrogens with one attached hydrogen (secondary N) is 2. The van der Waals surface area contributed by atoms with Crippen molar-refractivity contribution in [1.82, 2.24) is 10.6 Å². The lowest BCUT2D eigenvalue weighted by molar-refractivity contribution is -0.127. The number of phenols is 1. The number of aldehydes is 1. The summed E-state index contributed by atoms with van der Waals surface area (Å²) < 4.78 is 0. The number of amides is 4. The topological polar surface area (TPSA) is 153 Å². The minimum Gasteiger partial charge on any atom is -0.508 e. The van der Waals surface area contributed by atoms with Gasteiger partial charge in [0.05, 0.1) is 24.0 Å². The Bertz CT molecular complexity index is 1260. The first-order valence-corrected chi connectivity index (χ1v) is 11.6. The predicted molar refractivity (Wildman–Crippen MR) is 134 cm³/mol. The number of para-hydroxylation sites is 2. The summed E-state index contributed by atoms with van der Waals surface area (Å²) in [4.78, 5) is 77.2. The molecule has 2 atom stereocenters. The fourth-order valence-corrected chi connectivity index (χ4v) is 4.10. The average Bonchev–Trinajstić information content (AvgIpc) is 2.95. The Morgan fingerprint density at radius 2 is 1.76 bits per heavy atom. The van der Waals surface area contributed by atoms with Crippen molar-refractivity contribution >= 4 is 47.1 Å². The molecule has 2 aromatic rings. The molecule has 1 heterocycles. The Labute approximate surface area is 213 Å². The van der Waals surface area contributed by atoms with Gasteiger partial charge in [0.25, 0.3) is 11.8 Å². The number of Topliss-reactive ketones (excluding diaryl/α,β-unsaturated/α-hetero) is 1. The molecule has 4 amide bonds. The van der Waals surface area contributed by atoms with Crippen molar-refractivity contribution in [2.24, 2.45) is 0 Å². The van der Waals surface area contributed by atoms with E-state index >= 15 is 0 Å². The van der Waals surface area contributed by atoms with Crippen molar-refractivity contribution in [1.29, 1.82) is 0 Å². The Kier molecular flexibility index (Phi) is 8.38. The average molecular weight is 509 g/mol. The van der Waals surface area contributed by atoms with Gasteiger partial charge in [-0.3, -0.25) is 28.9 Å². The number of nitrogens with zero attached hydrogens (tertiary/aromatic N) is 2. The molecule has 0 spiro atoms. The molecule has 0 aliphatic carbocycles. The number of benzene rings is 2. The molecule has 0 saturated carbocycles. The van der Waals surface area contributed by atoms with E-state index in [9.17, 15) is 33.9 Å². The van der Waals surface area contributed by atoms with E-state index < -0.39 is 36.3 Å². The summed E-state index contributed by atoms with van der Waals surface area (Å²) in [5.74, 6) is -2.78. The number of phenolic OH excluding ortho intramolecular Hbond substituents is 1. The van der Waals surface area contributed by atoms with E-state index in [0.717, 1.165) is 4.90 Å². The Morgan fingerprint density at radius 1 is 1.08 bits per heavy atom. The third-order valence-corrected chi connectivity index (χ3v) is 5.95. The number of fused-ring (bicyclic) bond motifs is 1. The predicted octanol–water partition coefficient (Wildman–Crippen LogP) is 0.862. The van der Waals surface area contributed by atoms with Gasteiger partial charge in [0.1, 0.15) is 30.4 Å². The molecule has 194 valence electrons. The number of hydrogen-bond donors (Lipinski definition) is 3. The number of anilines is 2. The monoisotopic (exact) mass is 508 g/mol. The lowest BCUT2D eigenvalue weighted by atomic mass is 10.1. The van der Waals surface area contributed by atoms with Crippen molar-refractivity contribution in [3.05, 3.63) is 53.6 Å². The van der Waals surface area contributed by atoms with Crippen molar-refractivity contribution in [2.45, 2.75) is 39.3 Å². The van der Waals surface area contributed by atoms with Gasteiger partial charge >= 0.3 is 0 Å². The highest BCUT2D eigenvalue weighted by Crippen LogP contribution is 2.33. The van der Waals surface area contributed by atoms with Gasteiger partial charge in [-0.1, -0.05) is 18.2 Å². The molecule has 2 aromatic carbocycles. The van der Waals surface area contributed by atoms with E-state index in [0.29, 0.717) is 17.5 Å². The van der Waals surface area contributed by atoms with Crippen molar-refractivity contribution in [3.63, 3.8) is 0 Å². The molecule has 3 N–H and O–H groups in total. The van der Waals surface area contributed by atoms with Crippen LogP contribution in [0.4, 0.5) is 11.4 Å². The Hall–Kier alpha value is -4.54. The number of carbonyl (C=O) groups is 6. The summed E-state index contributed by atoms with van der Waals surface area (Å²) >= 11 is 0. The van der Waals surface area contributed by atoms with Crippen LogP contribution in [0.5, 0.6) is 5.75 Å². The first-order chi connectivity index (χ1) is 17.5. The first-order valence-electron chi connectivity index (χ1n) is 11.6. The molecule has 11 heteroatoms. The number of rotatable bonds is 8. The third kappa shape index (κ3) is 6.18. The van der Waals surface area contributed by atoms with Gasteiger partial charge in [-0.05, 0) is 38.1 Å². The highest BCUT2D eigenvalue weighted by molar-refractivity contribution is 6.10. The third-order valence-electron chi connectivity index (χ3n) is 5.95. The van der Waals surface area contributed by atoms with Crippen LogP contribution in [0.1, 0.15) is 36.2 Å². The molecule has 0 fully saturated rings. The summed E-state index contributed by atoms with van der Waals surface area (Å²) in [6.07, 6.45) is 0.245. The van der Waals surface area contributed by atoms with Crippen LogP contribution >= 0.6 is 0 Å². The zero-order valence-corrected chi connectivity index (χ0v) is 20.7. The van der Waals surface area contributed by atoms with Crippen LogP contribution in [0.25, 0.3) is 0 Å². The van der Waals surface area contributed by atoms with Gasteiger partial charge in [-0.2, -0.15) is 0 Å². The normalized spacial score (nSPS) is 15.8. The molecule has 0 radical (unpaired) electrons. The molecule has 37 heavy (non-hydrogen) atoms. The fourth-order valence-electron chi connectivity index (χ4n) is 4.10. The first kappa shape index (κ1) is 27.1.